The van der Waals surface area contributed by atoms with Crippen LogP contribution in [-0.2, 0) is 11.3 Å². The minimum absolute atomic E-state index is 0.156. The van der Waals surface area contributed by atoms with Crippen molar-refractivity contribution in [2.24, 2.45) is 0 Å². The van der Waals surface area contributed by atoms with Gasteiger partial charge in [-0.25, -0.2) is 4.98 Å². The van der Waals surface area contributed by atoms with Crippen LogP contribution in [0.5, 0.6) is 0 Å². The number of imidazole rings is 1. The van der Waals surface area contributed by atoms with E-state index in [1.165, 1.54) is 16.9 Å². The molecule has 6 heteroatoms. The number of aromatic nitrogens is 2. The van der Waals surface area contributed by atoms with E-state index in [1.807, 2.05) is 67.6 Å². The number of piperazine rings is 1. The van der Waals surface area contributed by atoms with Gasteiger partial charge in [-0.05, 0) is 55.0 Å². The highest BCUT2D eigenvalue weighted by molar-refractivity contribution is 6.02. The lowest BCUT2D eigenvalue weighted by Gasteiger charge is -2.36. The monoisotopic (exact) mass is 527 g/mol. The van der Waals surface area contributed by atoms with Crippen molar-refractivity contribution in [3.8, 4) is 11.3 Å². The predicted molar refractivity (Wildman–Crippen MR) is 163 cm³/mol. The molecule has 1 aliphatic rings. The summed E-state index contributed by atoms with van der Waals surface area (Å²) >= 11 is 0. The van der Waals surface area contributed by atoms with Gasteiger partial charge in [-0.3, -0.25) is 9.69 Å². The van der Waals surface area contributed by atoms with Crippen LogP contribution in [0.2, 0.25) is 0 Å². The van der Waals surface area contributed by atoms with Crippen LogP contribution < -0.4 is 10.2 Å². The van der Waals surface area contributed by atoms with Gasteiger partial charge in [0.1, 0.15) is 5.65 Å². The Balaban J connectivity index is 1.16. The Kier molecular flexibility index (Phi) is 7.42. The van der Waals surface area contributed by atoms with Crippen molar-refractivity contribution in [2.45, 2.75) is 13.5 Å². The highest BCUT2D eigenvalue weighted by Gasteiger charge is 2.21. The number of nitrogens with one attached hydrogen (secondary N) is 1. The van der Waals surface area contributed by atoms with Crippen LogP contribution in [0.3, 0.4) is 0 Å². The molecular weight excluding hydrogens is 494 g/mol. The third-order valence-electron chi connectivity index (χ3n) is 7.43. The minimum atomic E-state index is -0.156. The lowest BCUT2D eigenvalue weighted by molar-refractivity contribution is -0.111. The molecule has 0 aliphatic carbocycles. The predicted octanol–water partition coefficient (Wildman–Crippen LogP) is 6.28. The van der Waals surface area contributed by atoms with E-state index < -0.39 is 0 Å². The molecule has 1 amide bonds. The quantitative estimate of drug-likeness (QED) is 0.253. The second kappa shape index (κ2) is 11.6. The van der Waals surface area contributed by atoms with Gasteiger partial charge in [-0.2, -0.15) is 0 Å². The molecule has 5 aromatic rings. The van der Waals surface area contributed by atoms with E-state index >= 15 is 0 Å². The third kappa shape index (κ3) is 5.82. The zero-order chi connectivity index (χ0) is 27.3. The summed E-state index contributed by atoms with van der Waals surface area (Å²) in [5.74, 6) is -0.156. The molecule has 1 N–H and O–H groups in total. The van der Waals surface area contributed by atoms with Crippen LogP contribution in [0.25, 0.3) is 23.0 Å². The topological polar surface area (TPSA) is 52.9 Å². The standard InChI is InChI=1S/C34H33N5O/c1-26-10-12-27(13-11-26)14-19-33(40)35-29-17-15-28(16-18-29)34-31(39-20-6-5-9-32(39)36-34)25-37-21-23-38(24-22-37)30-7-3-2-4-8-30/h2-20H,21-25H2,1H3,(H,35,40)/b19-14+. The number of aryl methyl sites for hydroxylation is 1. The lowest BCUT2D eigenvalue weighted by atomic mass is 10.1. The summed E-state index contributed by atoms with van der Waals surface area (Å²) in [6, 6.07) is 32.8. The van der Waals surface area contributed by atoms with Crippen molar-refractivity contribution >= 4 is 29.0 Å². The number of anilines is 2. The lowest BCUT2D eigenvalue weighted by Crippen LogP contribution is -2.46. The Morgan fingerprint density at radius 2 is 1.57 bits per heavy atom. The molecule has 0 atom stereocenters. The smallest absolute Gasteiger partial charge is 0.248 e. The Labute approximate surface area is 235 Å². The van der Waals surface area contributed by atoms with E-state index in [2.05, 4.69) is 68.2 Å². The van der Waals surface area contributed by atoms with E-state index in [-0.39, 0.29) is 5.91 Å². The first kappa shape index (κ1) is 25.6. The normalized spacial score (nSPS) is 14.2. The Bertz CT molecular complexity index is 1610. The average Bonchev–Trinajstić information content (AvgIpc) is 3.36. The number of benzene rings is 3. The number of carbonyl (C=O) groups excluding carboxylic acids is 1. The molecular formula is C34H33N5O. The van der Waals surface area contributed by atoms with Crippen LogP contribution in [0.1, 0.15) is 16.8 Å². The number of pyridine rings is 1. The van der Waals surface area contributed by atoms with Gasteiger partial charge >= 0.3 is 0 Å². The Hall–Kier alpha value is -4.68. The molecule has 0 saturated carbocycles. The van der Waals surface area contributed by atoms with Gasteiger partial charge in [0.25, 0.3) is 0 Å². The molecule has 0 unspecified atom stereocenters. The van der Waals surface area contributed by atoms with Crippen molar-refractivity contribution in [2.75, 3.05) is 36.4 Å². The summed E-state index contributed by atoms with van der Waals surface area (Å²) < 4.78 is 2.20. The number of hydrogen-bond acceptors (Lipinski definition) is 4. The molecule has 3 aromatic carbocycles. The molecule has 1 fully saturated rings. The number of rotatable bonds is 7. The van der Waals surface area contributed by atoms with Gasteiger partial charge in [0.15, 0.2) is 0 Å². The molecule has 200 valence electrons. The summed E-state index contributed by atoms with van der Waals surface area (Å²) in [4.78, 5) is 22.5. The van der Waals surface area contributed by atoms with Crippen molar-refractivity contribution in [1.29, 1.82) is 0 Å². The molecule has 0 bridgehead atoms. The second-order valence-corrected chi connectivity index (χ2v) is 10.2. The molecule has 0 radical (unpaired) electrons. The maximum Gasteiger partial charge on any atom is 0.248 e. The SMILES string of the molecule is Cc1ccc(/C=C/C(=O)Nc2ccc(-c3nc4ccccn4c3CN3CCN(c4ccccc4)CC3)cc2)cc1. The molecule has 2 aromatic heterocycles. The fraction of sp³-hybridized carbons (Fsp3) is 0.176. The van der Waals surface area contributed by atoms with Crippen molar-refractivity contribution < 1.29 is 4.79 Å². The van der Waals surface area contributed by atoms with Crippen molar-refractivity contribution in [1.82, 2.24) is 14.3 Å². The first-order valence-corrected chi connectivity index (χ1v) is 13.8. The maximum atomic E-state index is 12.5. The minimum Gasteiger partial charge on any atom is -0.369 e. The molecule has 3 heterocycles. The van der Waals surface area contributed by atoms with Crippen LogP contribution in [0.15, 0.2) is 109 Å². The van der Waals surface area contributed by atoms with Crippen LogP contribution in [-0.4, -0.2) is 46.4 Å². The number of fused-ring (bicyclic) bond motifs is 1. The van der Waals surface area contributed by atoms with Crippen molar-refractivity contribution in [3.05, 3.63) is 126 Å². The first-order valence-electron chi connectivity index (χ1n) is 13.8. The van der Waals surface area contributed by atoms with Crippen LogP contribution in [0, 0.1) is 6.92 Å². The number of para-hydroxylation sites is 1. The van der Waals surface area contributed by atoms with E-state index in [0.29, 0.717) is 0 Å². The molecule has 6 nitrogen and oxygen atoms in total. The zero-order valence-electron chi connectivity index (χ0n) is 22.7. The zero-order valence-corrected chi connectivity index (χ0v) is 22.7. The molecule has 1 saturated heterocycles. The number of amides is 1. The van der Waals surface area contributed by atoms with Gasteiger partial charge in [0.05, 0.1) is 11.4 Å². The second-order valence-electron chi connectivity index (χ2n) is 10.2. The van der Waals surface area contributed by atoms with E-state index in [9.17, 15) is 4.79 Å². The fourth-order valence-electron chi connectivity index (χ4n) is 5.19. The van der Waals surface area contributed by atoms with Gasteiger partial charge in [-0.15, -0.1) is 0 Å². The summed E-state index contributed by atoms with van der Waals surface area (Å²) in [7, 11) is 0. The summed E-state index contributed by atoms with van der Waals surface area (Å²) in [5.41, 5.74) is 8.37. The number of nitrogens with zero attached hydrogens (tertiary/aromatic N) is 4. The molecule has 1 aliphatic heterocycles. The van der Waals surface area contributed by atoms with E-state index in [1.54, 1.807) is 6.08 Å². The highest BCUT2D eigenvalue weighted by atomic mass is 16.1. The third-order valence-corrected chi connectivity index (χ3v) is 7.43. The fourth-order valence-corrected chi connectivity index (χ4v) is 5.19. The average molecular weight is 528 g/mol. The summed E-state index contributed by atoms with van der Waals surface area (Å²) in [5, 5.41) is 2.96. The molecule has 0 spiro atoms. The highest BCUT2D eigenvalue weighted by Crippen LogP contribution is 2.28. The first-order chi connectivity index (χ1) is 19.6. The number of carbonyl (C=O) groups is 1. The molecule has 6 rings (SSSR count). The molecule has 40 heavy (non-hydrogen) atoms. The van der Waals surface area contributed by atoms with E-state index in [0.717, 1.165) is 60.9 Å². The van der Waals surface area contributed by atoms with Gasteiger partial charge in [0, 0.05) is 61.9 Å². The van der Waals surface area contributed by atoms with Gasteiger partial charge in [-0.1, -0.05) is 66.2 Å². The number of hydrogen-bond donors (Lipinski definition) is 1. The Morgan fingerprint density at radius 1 is 0.850 bits per heavy atom. The van der Waals surface area contributed by atoms with Gasteiger partial charge < -0.3 is 14.6 Å². The van der Waals surface area contributed by atoms with Crippen molar-refractivity contribution in [3.63, 3.8) is 0 Å². The van der Waals surface area contributed by atoms with Crippen LogP contribution in [0.4, 0.5) is 11.4 Å². The summed E-state index contributed by atoms with van der Waals surface area (Å²) in [6.45, 7) is 6.87. The van der Waals surface area contributed by atoms with E-state index in [4.69, 9.17) is 4.98 Å². The maximum absolute atomic E-state index is 12.5. The summed E-state index contributed by atoms with van der Waals surface area (Å²) in [6.07, 6.45) is 5.48. The Morgan fingerprint density at radius 3 is 2.33 bits per heavy atom. The van der Waals surface area contributed by atoms with Gasteiger partial charge in [0.2, 0.25) is 5.91 Å². The largest absolute Gasteiger partial charge is 0.369 e. The van der Waals surface area contributed by atoms with Crippen LogP contribution >= 0.6 is 0 Å².